The molecule has 118 valence electrons. The van der Waals surface area contributed by atoms with E-state index in [4.69, 9.17) is 13.6 Å². The van der Waals surface area contributed by atoms with Gasteiger partial charge in [-0.2, -0.15) is 0 Å². The Bertz CT molecular complexity index is 437. The van der Waals surface area contributed by atoms with Crippen LogP contribution in [0.25, 0.3) is 0 Å². The molecule has 0 spiro atoms. The molecule has 0 saturated heterocycles. The summed E-state index contributed by atoms with van der Waals surface area (Å²) >= 11 is 0. The summed E-state index contributed by atoms with van der Waals surface area (Å²) in [4.78, 5) is 0. The fourth-order valence-electron chi connectivity index (χ4n) is 1.97. The highest BCUT2D eigenvalue weighted by Gasteiger charge is 2.30. The highest BCUT2D eigenvalue weighted by molar-refractivity contribution is 7.48. The molecule has 0 aromatic heterocycles. The summed E-state index contributed by atoms with van der Waals surface area (Å²) in [5.74, 6) is 0. The molecule has 0 aliphatic carbocycles. The number of unbranched alkanes of at least 4 members (excludes halogenated alkanes) is 1. The monoisotopic (exact) mass is 312 g/mol. The molecule has 1 unspecified atom stereocenters. The Hall–Kier alpha value is -0.930. The van der Waals surface area contributed by atoms with Gasteiger partial charge >= 0.3 is 7.82 Å². The number of phosphoric acid groups is 1. The average Bonchev–Trinajstić information content (AvgIpc) is 2.48. The molecule has 4 nitrogen and oxygen atoms in total. The third-order valence-electron chi connectivity index (χ3n) is 2.88. The summed E-state index contributed by atoms with van der Waals surface area (Å²) in [6.45, 7) is 7.82. The first kappa shape index (κ1) is 18.1. The molecule has 0 amide bonds. The summed E-state index contributed by atoms with van der Waals surface area (Å²) < 4.78 is 28.7. The molecule has 0 saturated carbocycles. The Balaban J connectivity index is 2.84. The van der Waals surface area contributed by atoms with E-state index in [2.05, 4.69) is 6.58 Å². The van der Waals surface area contributed by atoms with Gasteiger partial charge in [-0.3, -0.25) is 13.6 Å². The highest BCUT2D eigenvalue weighted by atomic mass is 31.2. The van der Waals surface area contributed by atoms with Gasteiger partial charge in [0.05, 0.1) is 19.3 Å². The average molecular weight is 312 g/mol. The predicted octanol–water partition coefficient (Wildman–Crippen LogP) is 5.28. The molecule has 5 heteroatoms. The first-order chi connectivity index (χ1) is 10.1. The molecule has 0 heterocycles. The lowest BCUT2D eigenvalue weighted by atomic mass is 10.0. The van der Waals surface area contributed by atoms with Gasteiger partial charge in [0.15, 0.2) is 0 Å². The van der Waals surface area contributed by atoms with Gasteiger partial charge in [0.25, 0.3) is 0 Å². The number of hydrogen-bond acceptors (Lipinski definition) is 4. The van der Waals surface area contributed by atoms with E-state index in [0.29, 0.717) is 0 Å². The quantitative estimate of drug-likeness (QED) is 0.317. The Morgan fingerprint density at radius 2 is 1.81 bits per heavy atom. The predicted molar refractivity (Wildman–Crippen MR) is 85.2 cm³/mol. The number of rotatable bonds is 11. The number of hydrogen-bond donors (Lipinski definition) is 0. The summed E-state index contributed by atoms with van der Waals surface area (Å²) in [7, 11) is -3.52. The molecule has 0 bridgehead atoms. The molecule has 0 aliphatic rings. The van der Waals surface area contributed by atoms with Gasteiger partial charge in [0.2, 0.25) is 0 Å². The fraction of sp³-hybridized carbons (Fsp3) is 0.500. The molecule has 1 atom stereocenters. The van der Waals surface area contributed by atoms with Crippen molar-refractivity contribution < 1.29 is 18.1 Å². The highest BCUT2D eigenvalue weighted by Crippen LogP contribution is 2.53. The van der Waals surface area contributed by atoms with Crippen LogP contribution in [0.15, 0.2) is 43.0 Å². The summed E-state index contributed by atoms with van der Waals surface area (Å²) in [6, 6.07) is 9.73. The molecule has 0 radical (unpaired) electrons. The van der Waals surface area contributed by atoms with E-state index in [1.807, 2.05) is 36.4 Å². The Labute approximate surface area is 127 Å². The largest absolute Gasteiger partial charge is 0.475 e. The third kappa shape index (κ3) is 6.58. The second-order valence-electron chi connectivity index (χ2n) is 4.51. The minimum absolute atomic E-state index is 0.283. The molecule has 1 rings (SSSR count). The number of phosphoric ester groups is 1. The Morgan fingerprint density at radius 3 is 2.33 bits per heavy atom. The second-order valence-corrected chi connectivity index (χ2v) is 6.13. The minimum atomic E-state index is -3.52. The van der Waals surface area contributed by atoms with Crippen molar-refractivity contribution >= 4 is 7.82 Å². The molecule has 1 aromatic carbocycles. The summed E-state index contributed by atoms with van der Waals surface area (Å²) in [6.07, 6.45) is 4.09. The third-order valence-corrected chi connectivity index (χ3v) is 4.54. The van der Waals surface area contributed by atoms with Crippen LogP contribution in [0.4, 0.5) is 0 Å². The molecule has 0 N–H and O–H groups in total. The number of benzene rings is 1. The lowest BCUT2D eigenvalue weighted by molar-refractivity contribution is 0.0787. The SMILES string of the molecule is C=CCCCC(OP(=O)(OCC)OCC)c1ccccc1. The molecule has 1 aromatic rings. The Morgan fingerprint density at radius 1 is 1.19 bits per heavy atom. The van der Waals surface area contributed by atoms with Gasteiger partial charge in [0, 0.05) is 0 Å². The normalized spacial score (nSPS) is 13.0. The lowest BCUT2D eigenvalue weighted by Gasteiger charge is -2.23. The van der Waals surface area contributed by atoms with Crippen LogP contribution in [-0.4, -0.2) is 13.2 Å². The maximum atomic E-state index is 12.5. The van der Waals surface area contributed by atoms with E-state index < -0.39 is 7.82 Å². The van der Waals surface area contributed by atoms with Crippen molar-refractivity contribution in [2.75, 3.05) is 13.2 Å². The van der Waals surface area contributed by atoms with Gasteiger partial charge in [-0.25, -0.2) is 4.57 Å². The van der Waals surface area contributed by atoms with Crippen molar-refractivity contribution in [3.63, 3.8) is 0 Å². The van der Waals surface area contributed by atoms with E-state index in [0.717, 1.165) is 24.8 Å². The van der Waals surface area contributed by atoms with E-state index in [1.54, 1.807) is 13.8 Å². The summed E-state index contributed by atoms with van der Waals surface area (Å²) in [5, 5.41) is 0. The van der Waals surface area contributed by atoms with Crippen molar-refractivity contribution in [2.24, 2.45) is 0 Å². The van der Waals surface area contributed by atoms with E-state index in [-0.39, 0.29) is 19.3 Å². The van der Waals surface area contributed by atoms with Gasteiger partial charge in [0.1, 0.15) is 0 Å². The van der Waals surface area contributed by atoms with Crippen LogP contribution >= 0.6 is 7.82 Å². The van der Waals surface area contributed by atoms with Crippen molar-refractivity contribution in [3.8, 4) is 0 Å². The number of allylic oxidation sites excluding steroid dienone is 1. The van der Waals surface area contributed by atoms with Crippen LogP contribution in [0, 0.1) is 0 Å². The van der Waals surface area contributed by atoms with Gasteiger partial charge in [-0.1, -0.05) is 36.4 Å². The molecular weight excluding hydrogens is 287 g/mol. The zero-order valence-electron chi connectivity index (χ0n) is 12.9. The minimum Gasteiger partial charge on any atom is -0.287 e. The molecular formula is C16H25O4P. The van der Waals surface area contributed by atoms with E-state index >= 15 is 0 Å². The van der Waals surface area contributed by atoms with Crippen LogP contribution in [0.5, 0.6) is 0 Å². The van der Waals surface area contributed by atoms with Crippen molar-refractivity contribution in [1.82, 2.24) is 0 Å². The van der Waals surface area contributed by atoms with Crippen LogP contribution in [0.2, 0.25) is 0 Å². The van der Waals surface area contributed by atoms with E-state index in [1.165, 1.54) is 0 Å². The van der Waals surface area contributed by atoms with Crippen LogP contribution in [0.3, 0.4) is 0 Å². The Kier molecular flexibility index (Phi) is 8.55. The van der Waals surface area contributed by atoms with Crippen LogP contribution in [-0.2, 0) is 18.1 Å². The van der Waals surface area contributed by atoms with Crippen molar-refractivity contribution in [3.05, 3.63) is 48.6 Å². The zero-order chi connectivity index (χ0) is 15.6. The first-order valence-electron chi connectivity index (χ1n) is 7.38. The van der Waals surface area contributed by atoms with Gasteiger partial charge in [-0.15, -0.1) is 6.58 Å². The van der Waals surface area contributed by atoms with Gasteiger partial charge in [-0.05, 0) is 38.7 Å². The smallest absolute Gasteiger partial charge is 0.287 e. The standard InChI is InChI=1S/C16H25O4P/c1-4-7-9-14-16(15-12-10-8-11-13-15)20-21(17,18-5-2)19-6-3/h4,8,10-13,16H,1,5-7,9,14H2,2-3H3. The molecule has 0 fully saturated rings. The van der Waals surface area contributed by atoms with Gasteiger partial charge < -0.3 is 0 Å². The summed E-state index contributed by atoms with van der Waals surface area (Å²) in [5.41, 5.74) is 0.973. The molecule has 0 aliphatic heterocycles. The van der Waals surface area contributed by atoms with E-state index in [9.17, 15) is 4.57 Å². The second kappa shape index (κ2) is 9.91. The maximum absolute atomic E-state index is 12.5. The van der Waals surface area contributed by atoms with Crippen molar-refractivity contribution in [1.29, 1.82) is 0 Å². The fourth-order valence-corrected chi connectivity index (χ4v) is 3.33. The maximum Gasteiger partial charge on any atom is 0.475 e. The van der Waals surface area contributed by atoms with Crippen LogP contribution in [0.1, 0.15) is 44.8 Å². The zero-order valence-corrected chi connectivity index (χ0v) is 13.8. The van der Waals surface area contributed by atoms with Crippen LogP contribution < -0.4 is 0 Å². The lowest BCUT2D eigenvalue weighted by Crippen LogP contribution is -2.07. The first-order valence-corrected chi connectivity index (χ1v) is 8.84. The molecule has 21 heavy (non-hydrogen) atoms. The van der Waals surface area contributed by atoms with Crippen molar-refractivity contribution in [2.45, 2.75) is 39.2 Å². The topological polar surface area (TPSA) is 44.8 Å².